The van der Waals surface area contributed by atoms with Crippen LogP contribution in [-0.4, -0.2) is 5.91 Å². The predicted octanol–water partition coefficient (Wildman–Crippen LogP) is 2.31. The van der Waals surface area contributed by atoms with Gasteiger partial charge in [0.2, 0.25) is 5.91 Å². The number of amides is 1. The molecule has 0 saturated carbocycles. The second-order valence-corrected chi connectivity index (χ2v) is 2.71. The predicted molar refractivity (Wildman–Crippen MR) is 55.5 cm³/mol. The zero-order chi connectivity index (χ0) is 10.1. The van der Waals surface area contributed by atoms with Crippen molar-refractivity contribution >= 4 is 17.5 Å². The van der Waals surface area contributed by atoms with Crippen molar-refractivity contribution in [3.8, 4) is 0 Å². The number of hydrogen-bond acceptors (Lipinski definition) is 1. The third kappa shape index (κ3) is 7.34. The van der Waals surface area contributed by atoms with Crippen molar-refractivity contribution in [1.29, 1.82) is 0 Å². The average molecular weight is 200 g/mol. The minimum absolute atomic E-state index is 0.245. The first-order chi connectivity index (χ1) is 6.20. The summed E-state index contributed by atoms with van der Waals surface area (Å²) in [7, 11) is 0. The van der Waals surface area contributed by atoms with Crippen LogP contribution in [-0.2, 0) is 10.7 Å². The summed E-state index contributed by atoms with van der Waals surface area (Å²) in [5.74, 6) is 0.367. The van der Waals surface area contributed by atoms with Crippen molar-refractivity contribution in [3.05, 3.63) is 35.9 Å². The summed E-state index contributed by atoms with van der Waals surface area (Å²) in [5.41, 5.74) is 5.83. The number of alkyl halides is 1. The highest BCUT2D eigenvalue weighted by Gasteiger charge is 1.81. The summed E-state index contributed by atoms with van der Waals surface area (Å²) in [5, 5.41) is 0. The van der Waals surface area contributed by atoms with E-state index in [0.29, 0.717) is 12.3 Å². The highest BCUT2D eigenvalue weighted by atomic mass is 35.5. The zero-order valence-electron chi connectivity index (χ0n) is 7.66. The summed E-state index contributed by atoms with van der Waals surface area (Å²) >= 11 is 5.53. The number of nitrogens with two attached hydrogens (primary N) is 1. The molecule has 1 aromatic carbocycles. The van der Waals surface area contributed by atoms with Crippen molar-refractivity contribution in [3.63, 3.8) is 0 Å². The minimum atomic E-state index is -0.245. The van der Waals surface area contributed by atoms with E-state index >= 15 is 0 Å². The first-order valence-corrected chi connectivity index (χ1v) is 4.62. The van der Waals surface area contributed by atoms with Crippen molar-refractivity contribution in [1.82, 2.24) is 0 Å². The van der Waals surface area contributed by atoms with Crippen LogP contribution in [0.2, 0.25) is 0 Å². The Morgan fingerprint density at radius 2 is 1.85 bits per heavy atom. The molecule has 1 rings (SSSR count). The smallest absolute Gasteiger partial charge is 0.217 e. The van der Waals surface area contributed by atoms with Crippen LogP contribution in [0.5, 0.6) is 0 Å². The fourth-order valence-corrected chi connectivity index (χ4v) is 0.745. The summed E-state index contributed by atoms with van der Waals surface area (Å²) in [6.45, 7) is 1.72. The largest absolute Gasteiger partial charge is 0.370 e. The van der Waals surface area contributed by atoms with Gasteiger partial charge in [0, 0.05) is 12.3 Å². The van der Waals surface area contributed by atoms with Gasteiger partial charge in [0.15, 0.2) is 0 Å². The minimum Gasteiger partial charge on any atom is -0.370 e. The highest BCUT2D eigenvalue weighted by molar-refractivity contribution is 6.17. The lowest BCUT2D eigenvalue weighted by Crippen LogP contribution is -2.06. The molecule has 72 valence electrons. The van der Waals surface area contributed by atoms with Crippen molar-refractivity contribution in [2.75, 3.05) is 0 Å². The Morgan fingerprint density at radius 3 is 2.08 bits per heavy atom. The lowest BCUT2D eigenvalue weighted by atomic mass is 10.2. The van der Waals surface area contributed by atoms with Crippen molar-refractivity contribution in [2.45, 2.75) is 19.2 Å². The molecule has 0 aromatic heterocycles. The molecular formula is C10H14ClNO. The molecule has 0 saturated heterocycles. The Kier molecular flexibility index (Phi) is 7.02. The van der Waals surface area contributed by atoms with Gasteiger partial charge in [0.1, 0.15) is 0 Å². The fourth-order valence-electron chi connectivity index (χ4n) is 0.567. The van der Waals surface area contributed by atoms with Crippen LogP contribution < -0.4 is 5.73 Å². The molecule has 0 unspecified atom stereocenters. The monoisotopic (exact) mass is 199 g/mol. The topological polar surface area (TPSA) is 43.1 Å². The third-order valence-corrected chi connectivity index (χ3v) is 1.65. The van der Waals surface area contributed by atoms with E-state index in [9.17, 15) is 4.79 Å². The standard InChI is InChI=1S/C7H7Cl.C3H7NO/c8-6-7-4-2-1-3-5-7;1-2-3(4)5/h1-5H,6H2;2H2,1H3,(H2,4,5). The second kappa shape index (κ2) is 7.62. The van der Waals surface area contributed by atoms with E-state index in [2.05, 4.69) is 5.73 Å². The molecule has 0 fully saturated rings. The molecule has 0 spiro atoms. The van der Waals surface area contributed by atoms with Crippen LogP contribution >= 0.6 is 11.6 Å². The molecule has 0 heterocycles. The number of rotatable bonds is 2. The van der Waals surface area contributed by atoms with E-state index < -0.39 is 0 Å². The SMILES string of the molecule is CCC(N)=O.ClCc1ccccc1. The van der Waals surface area contributed by atoms with Crippen molar-refractivity contribution < 1.29 is 4.79 Å². The fraction of sp³-hybridized carbons (Fsp3) is 0.300. The molecule has 0 bridgehead atoms. The molecule has 1 aromatic rings. The number of hydrogen-bond donors (Lipinski definition) is 1. The van der Waals surface area contributed by atoms with Crippen LogP contribution in [0.15, 0.2) is 30.3 Å². The Morgan fingerprint density at radius 1 is 1.38 bits per heavy atom. The van der Waals surface area contributed by atoms with Gasteiger partial charge in [-0.15, -0.1) is 11.6 Å². The molecule has 13 heavy (non-hydrogen) atoms. The molecule has 0 radical (unpaired) electrons. The molecule has 2 N–H and O–H groups in total. The zero-order valence-corrected chi connectivity index (χ0v) is 8.42. The molecule has 3 heteroatoms. The molecule has 0 atom stereocenters. The van der Waals surface area contributed by atoms with Gasteiger partial charge in [-0.1, -0.05) is 37.3 Å². The van der Waals surface area contributed by atoms with Gasteiger partial charge in [0.05, 0.1) is 0 Å². The number of halogens is 1. The number of carbonyl (C=O) groups excluding carboxylic acids is 1. The molecule has 1 amide bonds. The molecule has 2 nitrogen and oxygen atoms in total. The summed E-state index contributed by atoms with van der Waals surface area (Å²) < 4.78 is 0. The van der Waals surface area contributed by atoms with Crippen LogP contribution in [0.4, 0.5) is 0 Å². The van der Waals surface area contributed by atoms with Gasteiger partial charge < -0.3 is 5.73 Å². The van der Waals surface area contributed by atoms with E-state index in [1.54, 1.807) is 6.92 Å². The first-order valence-electron chi connectivity index (χ1n) is 4.08. The molecular weight excluding hydrogens is 186 g/mol. The average Bonchev–Trinajstić information content (AvgIpc) is 2.20. The van der Waals surface area contributed by atoms with Crippen LogP contribution in [0, 0.1) is 0 Å². The van der Waals surface area contributed by atoms with Crippen molar-refractivity contribution in [2.24, 2.45) is 5.73 Å². The van der Waals surface area contributed by atoms with Gasteiger partial charge in [-0.3, -0.25) is 4.79 Å². The van der Waals surface area contributed by atoms with Gasteiger partial charge in [-0.2, -0.15) is 0 Å². The Hall–Kier alpha value is -1.02. The third-order valence-electron chi connectivity index (χ3n) is 1.35. The Bertz CT molecular complexity index is 236. The lowest BCUT2D eigenvalue weighted by Gasteiger charge is -1.88. The van der Waals surface area contributed by atoms with E-state index in [0.717, 1.165) is 0 Å². The molecule has 0 aliphatic rings. The lowest BCUT2D eigenvalue weighted by molar-refractivity contribution is -0.117. The van der Waals surface area contributed by atoms with Gasteiger partial charge in [-0.25, -0.2) is 0 Å². The van der Waals surface area contributed by atoms with Gasteiger partial charge in [-0.05, 0) is 5.56 Å². The maximum atomic E-state index is 9.59. The van der Waals surface area contributed by atoms with E-state index in [-0.39, 0.29) is 5.91 Å². The highest BCUT2D eigenvalue weighted by Crippen LogP contribution is 2.00. The molecule has 0 aliphatic heterocycles. The number of primary amides is 1. The van der Waals surface area contributed by atoms with E-state index in [1.807, 2.05) is 30.3 Å². The van der Waals surface area contributed by atoms with E-state index in [4.69, 9.17) is 11.6 Å². The quantitative estimate of drug-likeness (QED) is 0.730. The van der Waals surface area contributed by atoms with Gasteiger partial charge in [0.25, 0.3) is 0 Å². The van der Waals surface area contributed by atoms with Crippen LogP contribution in [0.25, 0.3) is 0 Å². The molecule has 0 aliphatic carbocycles. The van der Waals surface area contributed by atoms with Crippen LogP contribution in [0.1, 0.15) is 18.9 Å². The Labute approximate surface area is 83.7 Å². The summed E-state index contributed by atoms with van der Waals surface area (Å²) in [6.07, 6.45) is 0.444. The van der Waals surface area contributed by atoms with Crippen LogP contribution in [0.3, 0.4) is 0 Å². The van der Waals surface area contributed by atoms with E-state index in [1.165, 1.54) is 5.56 Å². The maximum Gasteiger partial charge on any atom is 0.217 e. The first kappa shape index (κ1) is 12.0. The second-order valence-electron chi connectivity index (χ2n) is 2.44. The Balaban J connectivity index is 0.000000252. The number of benzene rings is 1. The maximum absolute atomic E-state index is 9.59. The summed E-state index contributed by atoms with van der Waals surface area (Å²) in [4.78, 5) is 9.59. The summed E-state index contributed by atoms with van der Waals surface area (Å²) in [6, 6.07) is 9.96. The number of carbonyl (C=O) groups is 1. The normalized spacial score (nSPS) is 8.46. The van der Waals surface area contributed by atoms with Gasteiger partial charge >= 0.3 is 0 Å².